The van der Waals surface area contributed by atoms with Gasteiger partial charge in [0.15, 0.2) is 0 Å². The maximum Gasteiger partial charge on any atom is 0.301 e. The number of aryl methyl sites for hydroxylation is 1. The smallest absolute Gasteiger partial charge is 0.301 e. The van der Waals surface area contributed by atoms with Crippen LogP contribution in [-0.4, -0.2) is 56.9 Å². The monoisotopic (exact) mass is 574 g/mol. The number of carbonyl (C=O) groups is 2. The van der Waals surface area contributed by atoms with Gasteiger partial charge in [0.25, 0.3) is 11.8 Å². The number of rotatable bonds is 13. The van der Waals surface area contributed by atoms with E-state index >= 15 is 0 Å². The number of ether oxygens (including phenoxy) is 2. The van der Waals surface area contributed by atoms with E-state index in [1.165, 1.54) is 30.9 Å². The van der Waals surface area contributed by atoms with Crippen LogP contribution in [0.5, 0.6) is 11.5 Å². The second-order valence-electron chi connectivity index (χ2n) is 9.16. The minimum atomic E-state index is -4.02. The average Bonchev–Trinajstić information content (AvgIpc) is 3.36. The maximum atomic E-state index is 13.7. The van der Waals surface area contributed by atoms with Crippen LogP contribution in [0.3, 0.4) is 0 Å². The lowest BCUT2D eigenvalue weighted by Crippen LogP contribution is -2.43. The summed E-state index contributed by atoms with van der Waals surface area (Å²) in [5.41, 5.74) is 2.30. The van der Waals surface area contributed by atoms with Crippen LogP contribution in [0.15, 0.2) is 47.8 Å². The number of benzene rings is 2. The summed E-state index contributed by atoms with van der Waals surface area (Å²) in [6.45, 7) is 5.71. The molecule has 3 aromatic rings. The largest absolute Gasteiger partial charge is 0.496 e. The van der Waals surface area contributed by atoms with Crippen molar-refractivity contribution in [1.82, 2.24) is 19.3 Å². The van der Waals surface area contributed by atoms with Gasteiger partial charge in [-0.1, -0.05) is 30.3 Å². The summed E-state index contributed by atoms with van der Waals surface area (Å²) in [7, 11) is -0.951. The molecule has 1 aromatic heterocycles. The number of nitrogens with zero attached hydrogens (tertiary/aromatic N) is 2. The minimum absolute atomic E-state index is 0.0421. The molecule has 39 heavy (non-hydrogen) atoms. The molecule has 0 radical (unpaired) electrons. The van der Waals surface area contributed by atoms with Crippen molar-refractivity contribution in [3.05, 3.63) is 75.2 Å². The highest BCUT2D eigenvalue weighted by atomic mass is 32.2. The van der Waals surface area contributed by atoms with E-state index in [2.05, 4.69) is 9.71 Å². The van der Waals surface area contributed by atoms with E-state index in [-0.39, 0.29) is 24.2 Å². The van der Waals surface area contributed by atoms with Crippen molar-refractivity contribution in [2.75, 3.05) is 20.8 Å². The van der Waals surface area contributed by atoms with Gasteiger partial charge in [-0.25, -0.2) is 9.71 Å². The standard InChI is InChI=1S/C27H34N4O6S2/c1-18(2)29-39(34,35)30-26(32)22-17-38-25(28-22)16-31(13-9-12-20-10-7-6-8-11-20)27(33)21-14-23(36-4)19(3)24(15-21)37-5/h6-8,10-11,14-15,17-18,29H,9,12-13,16H2,1-5H3,(H,30,32). The van der Waals surface area contributed by atoms with Crippen molar-refractivity contribution < 1.29 is 27.5 Å². The van der Waals surface area contributed by atoms with Gasteiger partial charge in [-0.2, -0.15) is 13.1 Å². The summed E-state index contributed by atoms with van der Waals surface area (Å²) in [6.07, 6.45) is 1.48. The zero-order chi connectivity index (χ0) is 28.6. The predicted octanol–water partition coefficient (Wildman–Crippen LogP) is 3.72. The quantitative estimate of drug-likeness (QED) is 0.319. The van der Waals surface area contributed by atoms with Crippen molar-refractivity contribution in [2.24, 2.45) is 0 Å². The number of amides is 2. The number of nitrogens with one attached hydrogen (secondary N) is 2. The van der Waals surface area contributed by atoms with E-state index in [0.717, 1.165) is 17.5 Å². The third-order valence-electron chi connectivity index (χ3n) is 5.75. The van der Waals surface area contributed by atoms with Crippen molar-refractivity contribution in [2.45, 2.75) is 46.2 Å². The average molecular weight is 575 g/mol. The topological polar surface area (TPSA) is 127 Å². The Morgan fingerprint density at radius 2 is 1.72 bits per heavy atom. The molecule has 3 rings (SSSR count). The molecule has 0 aliphatic carbocycles. The van der Waals surface area contributed by atoms with E-state index < -0.39 is 16.1 Å². The van der Waals surface area contributed by atoms with E-state index in [1.54, 1.807) is 30.9 Å². The molecule has 0 fully saturated rings. The van der Waals surface area contributed by atoms with Crippen LogP contribution in [0.25, 0.3) is 0 Å². The van der Waals surface area contributed by atoms with E-state index in [1.807, 2.05) is 42.0 Å². The molecule has 0 saturated carbocycles. The Morgan fingerprint density at radius 1 is 1.08 bits per heavy atom. The van der Waals surface area contributed by atoms with E-state index in [0.29, 0.717) is 35.0 Å². The molecule has 0 spiro atoms. The molecule has 0 atom stereocenters. The number of hydrogen-bond donors (Lipinski definition) is 2. The molecule has 0 bridgehead atoms. The summed E-state index contributed by atoms with van der Waals surface area (Å²) in [5.74, 6) is -0.0251. The van der Waals surface area contributed by atoms with Gasteiger partial charge in [0.05, 0.1) is 20.8 Å². The van der Waals surface area contributed by atoms with Gasteiger partial charge in [0, 0.05) is 29.1 Å². The summed E-state index contributed by atoms with van der Waals surface area (Å²) < 4.78 is 39.3. The molecule has 2 N–H and O–H groups in total. The zero-order valence-electron chi connectivity index (χ0n) is 22.7. The first-order chi connectivity index (χ1) is 18.5. The van der Waals surface area contributed by atoms with Crippen LogP contribution in [0.1, 0.15) is 57.2 Å². The van der Waals surface area contributed by atoms with Crippen LogP contribution in [0.4, 0.5) is 0 Å². The number of carbonyl (C=O) groups excluding carboxylic acids is 2. The highest BCUT2D eigenvalue weighted by Crippen LogP contribution is 2.30. The number of aromatic nitrogens is 1. The van der Waals surface area contributed by atoms with E-state index in [4.69, 9.17) is 9.47 Å². The lowest BCUT2D eigenvalue weighted by molar-refractivity contribution is 0.0740. The molecule has 0 aliphatic rings. The van der Waals surface area contributed by atoms with Crippen molar-refractivity contribution >= 4 is 33.4 Å². The van der Waals surface area contributed by atoms with Gasteiger partial charge < -0.3 is 14.4 Å². The van der Waals surface area contributed by atoms with Crippen molar-refractivity contribution in [3.8, 4) is 11.5 Å². The molecular weight excluding hydrogens is 540 g/mol. The van der Waals surface area contributed by atoms with Crippen LogP contribution in [0, 0.1) is 6.92 Å². The number of thiazole rings is 1. The Hall–Kier alpha value is -3.48. The molecule has 210 valence electrons. The Kier molecular flexibility index (Phi) is 10.4. The first kappa shape index (κ1) is 30.1. The first-order valence-corrected chi connectivity index (χ1v) is 14.7. The minimum Gasteiger partial charge on any atom is -0.496 e. The Morgan fingerprint density at radius 3 is 2.31 bits per heavy atom. The van der Waals surface area contributed by atoms with Crippen LogP contribution in [-0.2, 0) is 23.2 Å². The first-order valence-electron chi connectivity index (χ1n) is 12.4. The fourth-order valence-corrected chi connectivity index (χ4v) is 5.75. The van der Waals surface area contributed by atoms with Gasteiger partial charge in [-0.3, -0.25) is 9.59 Å². The summed E-state index contributed by atoms with van der Waals surface area (Å²) >= 11 is 1.18. The number of hydrogen-bond acceptors (Lipinski definition) is 8. The van der Waals surface area contributed by atoms with Crippen LogP contribution in [0.2, 0.25) is 0 Å². The zero-order valence-corrected chi connectivity index (χ0v) is 24.3. The second-order valence-corrected chi connectivity index (χ2v) is 11.5. The lowest BCUT2D eigenvalue weighted by atomic mass is 10.1. The van der Waals surface area contributed by atoms with Crippen molar-refractivity contribution in [3.63, 3.8) is 0 Å². The fraction of sp³-hybridized carbons (Fsp3) is 0.370. The summed E-state index contributed by atoms with van der Waals surface area (Å²) in [6, 6.07) is 13.0. The highest BCUT2D eigenvalue weighted by Gasteiger charge is 2.23. The fourth-order valence-electron chi connectivity index (χ4n) is 3.93. The van der Waals surface area contributed by atoms with Gasteiger partial charge in [0.1, 0.15) is 22.2 Å². The Balaban J connectivity index is 1.82. The predicted molar refractivity (Wildman–Crippen MR) is 151 cm³/mol. The van der Waals surface area contributed by atoms with Crippen LogP contribution < -0.4 is 18.9 Å². The molecule has 2 amide bonds. The molecule has 0 saturated heterocycles. The third-order valence-corrected chi connectivity index (χ3v) is 7.82. The maximum absolute atomic E-state index is 13.7. The number of methoxy groups -OCH3 is 2. The summed E-state index contributed by atoms with van der Waals surface area (Å²) in [4.78, 5) is 32.2. The molecular formula is C27H34N4O6S2. The lowest BCUT2D eigenvalue weighted by Gasteiger charge is -2.23. The van der Waals surface area contributed by atoms with Crippen molar-refractivity contribution in [1.29, 1.82) is 0 Å². The molecule has 10 nitrogen and oxygen atoms in total. The highest BCUT2D eigenvalue weighted by molar-refractivity contribution is 7.88. The van der Waals surface area contributed by atoms with Crippen LogP contribution >= 0.6 is 11.3 Å². The molecule has 12 heteroatoms. The second kappa shape index (κ2) is 13.5. The Labute approximate surface area is 233 Å². The summed E-state index contributed by atoms with van der Waals surface area (Å²) in [5, 5.41) is 1.97. The Bertz CT molecular complexity index is 1370. The van der Waals surface area contributed by atoms with Gasteiger partial charge >= 0.3 is 10.2 Å². The third kappa shape index (κ3) is 8.50. The van der Waals surface area contributed by atoms with E-state index in [9.17, 15) is 18.0 Å². The van der Waals surface area contributed by atoms with Gasteiger partial charge in [-0.05, 0) is 51.3 Å². The van der Waals surface area contributed by atoms with Gasteiger partial charge in [-0.15, -0.1) is 11.3 Å². The molecule has 0 aliphatic heterocycles. The van der Waals surface area contributed by atoms with Gasteiger partial charge in [0.2, 0.25) is 0 Å². The SMILES string of the molecule is COc1cc(C(=O)N(CCCc2ccccc2)Cc2nc(C(=O)NS(=O)(=O)NC(C)C)cs2)cc(OC)c1C. The molecule has 2 aromatic carbocycles. The molecule has 1 heterocycles. The normalized spacial score (nSPS) is 11.3. The molecule has 0 unspecified atom stereocenters.